The second-order valence-corrected chi connectivity index (χ2v) is 5.42. The lowest BCUT2D eigenvalue weighted by Gasteiger charge is -2.27. The fraction of sp³-hybridized carbons (Fsp3) is 0.438. The maximum absolute atomic E-state index is 12.2. The van der Waals surface area contributed by atoms with Crippen molar-refractivity contribution < 1.29 is 19.5 Å². The van der Waals surface area contributed by atoms with Crippen LogP contribution in [0.2, 0.25) is 0 Å². The van der Waals surface area contributed by atoms with Gasteiger partial charge in [-0.1, -0.05) is 0 Å². The highest BCUT2D eigenvalue weighted by Crippen LogP contribution is 2.21. The highest BCUT2D eigenvalue weighted by Gasteiger charge is 2.20. The zero-order valence-electron chi connectivity index (χ0n) is 12.6. The number of amides is 2. The maximum atomic E-state index is 12.2. The molecule has 1 fully saturated rings. The summed E-state index contributed by atoms with van der Waals surface area (Å²) in [5, 5.41) is 8.64. The first-order valence-corrected chi connectivity index (χ1v) is 7.36. The number of benzene rings is 1. The molecule has 2 amide bonds. The molecule has 6 nitrogen and oxygen atoms in total. The molecule has 22 heavy (non-hydrogen) atoms. The number of nitrogens with zero attached hydrogens (tertiary/aromatic N) is 2. The maximum Gasteiger partial charge on any atom is 0.305 e. The fourth-order valence-corrected chi connectivity index (χ4v) is 2.45. The predicted octanol–water partition coefficient (Wildman–Crippen LogP) is 1.75. The molecule has 1 N–H and O–H groups in total. The van der Waals surface area contributed by atoms with Gasteiger partial charge in [0.05, 0.1) is 6.42 Å². The van der Waals surface area contributed by atoms with Crippen LogP contribution in [-0.2, 0) is 9.59 Å². The van der Waals surface area contributed by atoms with Gasteiger partial charge >= 0.3 is 5.97 Å². The Balaban J connectivity index is 2.03. The zero-order chi connectivity index (χ0) is 16.1. The molecule has 1 aliphatic heterocycles. The average molecular weight is 304 g/mol. The van der Waals surface area contributed by atoms with Gasteiger partial charge in [0.15, 0.2) is 0 Å². The van der Waals surface area contributed by atoms with Gasteiger partial charge in [-0.3, -0.25) is 14.4 Å². The van der Waals surface area contributed by atoms with Crippen LogP contribution in [0.25, 0.3) is 0 Å². The highest BCUT2D eigenvalue weighted by atomic mass is 16.4. The summed E-state index contributed by atoms with van der Waals surface area (Å²) in [4.78, 5) is 37.7. The smallest absolute Gasteiger partial charge is 0.305 e. The molecule has 1 heterocycles. The van der Waals surface area contributed by atoms with Crippen molar-refractivity contribution in [2.45, 2.75) is 25.7 Å². The van der Waals surface area contributed by atoms with Crippen LogP contribution in [0.3, 0.4) is 0 Å². The second kappa shape index (κ2) is 7.06. The van der Waals surface area contributed by atoms with Gasteiger partial charge in [-0.2, -0.15) is 0 Å². The Bertz CT molecular complexity index is 568. The molecule has 0 saturated carbocycles. The molecule has 0 aliphatic carbocycles. The third kappa shape index (κ3) is 3.84. The van der Waals surface area contributed by atoms with E-state index in [9.17, 15) is 14.4 Å². The molecular formula is C16H20N2O4. The van der Waals surface area contributed by atoms with Crippen molar-refractivity contribution in [1.29, 1.82) is 0 Å². The third-order valence-electron chi connectivity index (χ3n) is 3.76. The normalized spacial score (nSPS) is 14.8. The molecule has 1 aliphatic rings. The van der Waals surface area contributed by atoms with Gasteiger partial charge in [-0.15, -0.1) is 0 Å². The standard InChI is InChI=1S/C16H20N2O4/c1-17(11-9-15(20)21)16(22)12-5-7-13(8-6-12)18-10-3-2-4-14(18)19/h5-8H,2-4,9-11H2,1H3,(H,20,21). The van der Waals surface area contributed by atoms with Crippen molar-refractivity contribution in [2.24, 2.45) is 0 Å². The molecule has 0 unspecified atom stereocenters. The van der Waals surface area contributed by atoms with Crippen LogP contribution in [0.5, 0.6) is 0 Å². The summed E-state index contributed by atoms with van der Waals surface area (Å²) in [6.45, 7) is 0.880. The fourth-order valence-electron chi connectivity index (χ4n) is 2.45. The topological polar surface area (TPSA) is 77.9 Å². The van der Waals surface area contributed by atoms with E-state index >= 15 is 0 Å². The summed E-state index contributed by atoms with van der Waals surface area (Å²) >= 11 is 0. The molecule has 0 radical (unpaired) electrons. The van der Waals surface area contributed by atoms with Crippen molar-refractivity contribution in [3.05, 3.63) is 29.8 Å². The molecule has 0 spiro atoms. The predicted molar refractivity (Wildman–Crippen MR) is 81.9 cm³/mol. The van der Waals surface area contributed by atoms with E-state index in [1.54, 1.807) is 36.2 Å². The van der Waals surface area contributed by atoms with Crippen LogP contribution in [0, 0.1) is 0 Å². The quantitative estimate of drug-likeness (QED) is 0.899. The Hall–Kier alpha value is -2.37. The molecule has 118 valence electrons. The van der Waals surface area contributed by atoms with E-state index in [1.807, 2.05) is 0 Å². The minimum Gasteiger partial charge on any atom is -0.481 e. The molecule has 6 heteroatoms. The number of rotatable bonds is 5. The number of hydrogen-bond acceptors (Lipinski definition) is 3. The molecule has 2 rings (SSSR count). The lowest BCUT2D eigenvalue weighted by molar-refractivity contribution is -0.137. The molecule has 1 aromatic rings. The number of carboxylic acid groups (broad SMARTS) is 1. The first-order valence-electron chi connectivity index (χ1n) is 7.36. The van der Waals surface area contributed by atoms with Gasteiger partial charge < -0.3 is 14.9 Å². The zero-order valence-corrected chi connectivity index (χ0v) is 12.6. The summed E-state index contributed by atoms with van der Waals surface area (Å²) < 4.78 is 0. The number of carbonyl (C=O) groups is 3. The molecule has 0 bridgehead atoms. The van der Waals surface area contributed by atoms with E-state index in [0.717, 1.165) is 18.5 Å². The Morgan fingerprint density at radius 1 is 1.23 bits per heavy atom. The van der Waals surface area contributed by atoms with Crippen LogP contribution < -0.4 is 4.90 Å². The van der Waals surface area contributed by atoms with E-state index in [1.165, 1.54) is 4.90 Å². The van der Waals surface area contributed by atoms with Gasteiger partial charge in [0, 0.05) is 37.8 Å². The Morgan fingerprint density at radius 2 is 1.91 bits per heavy atom. The molecule has 0 atom stereocenters. The van der Waals surface area contributed by atoms with E-state index in [0.29, 0.717) is 18.5 Å². The number of carboxylic acids is 1. The van der Waals surface area contributed by atoms with Crippen molar-refractivity contribution in [3.63, 3.8) is 0 Å². The molecule has 0 aromatic heterocycles. The molecular weight excluding hydrogens is 284 g/mol. The van der Waals surface area contributed by atoms with Gasteiger partial charge in [0.2, 0.25) is 5.91 Å². The number of hydrogen-bond donors (Lipinski definition) is 1. The number of anilines is 1. The van der Waals surface area contributed by atoms with Crippen molar-refractivity contribution in [3.8, 4) is 0 Å². The van der Waals surface area contributed by atoms with Crippen molar-refractivity contribution in [2.75, 3.05) is 25.0 Å². The Morgan fingerprint density at radius 3 is 2.50 bits per heavy atom. The number of piperidine rings is 1. The molecule has 1 saturated heterocycles. The first-order chi connectivity index (χ1) is 10.5. The van der Waals surface area contributed by atoms with Crippen molar-refractivity contribution in [1.82, 2.24) is 4.90 Å². The van der Waals surface area contributed by atoms with Crippen LogP contribution in [0.15, 0.2) is 24.3 Å². The summed E-state index contributed by atoms with van der Waals surface area (Å²) in [6.07, 6.45) is 2.41. The lowest BCUT2D eigenvalue weighted by atomic mass is 10.1. The van der Waals surface area contributed by atoms with Gasteiger partial charge in [-0.05, 0) is 37.1 Å². The Kier molecular flexibility index (Phi) is 5.14. The van der Waals surface area contributed by atoms with Crippen LogP contribution in [0.4, 0.5) is 5.69 Å². The second-order valence-electron chi connectivity index (χ2n) is 5.42. The summed E-state index contributed by atoms with van der Waals surface area (Å²) in [5.74, 6) is -1.04. The number of aliphatic carboxylic acids is 1. The van der Waals surface area contributed by atoms with Gasteiger partial charge in [0.1, 0.15) is 0 Å². The van der Waals surface area contributed by atoms with Gasteiger partial charge in [0.25, 0.3) is 5.91 Å². The van der Waals surface area contributed by atoms with Crippen LogP contribution in [-0.4, -0.2) is 47.9 Å². The van der Waals surface area contributed by atoms with E-state index in [4.69, 9.17) is 5.11 Å². The summed E-state index contributed by atoms with van der Waals surface area (Å²) in [7, 11) is 1.58. The largest absolute Gasteiger partial charge is 0.481 e. The number of carbonyl (C=O) groups excluding carboxylic acids is 2. The van der Waals surface area contributed by atoms with Crippen LogP contribution >= 0.6 is 0 Å². The van der Waals surface area contributed by atoms with E-state index < -0.39 is 5.97 Å². The minimum absolute atomic E-state index is 0.0808. The third-order valence-corrected chi connectivity index (χ3v) is 3.76. The summed E-state index contributed by atoms with van der Waals surface area (Å²) in [6, 6.07) is 6.89. The van der Waals surface area contributed by atoms with Gasteiger partial charge in [-0.25, -0.2) is 0 Å². The SMILES string of the molecule is CN(CCC(=O)O)C(=O)c1ccc(N2CCCCC2=O)cc1. The Labute approximate surface area is 129 Å². The van der Waals surface area contributed by atoms with E-state index in [-0.39, 0.29) is 24.8 Å². The van der Waals surface area contributed by atoms with Crippen LogP contribution in [0.1, 0.15) is 36.0 Å². The lowest BCUT2D eigenvalue weighted by Crippen LogP contribution is -2.35. The summed E-state index contributed by atoms with van der Waals surface area (Å²) in [5.41, 5.74) is 1.29. The highest BCUT2D eigenvalue weighted by molar-refractivity contribution is 5.97. The monoisotopic (exact) mass is 304 g/mol. The molecule has 1 aromatic carbocycles. The first kappa shape index (κ1) is 16.0. The minimum atomic E-state index is -0.932. The van der Waals surface area contributed by atoms with E-state index in [2.05, 4.69) is 0 Å². The average Bonchev–Trinajstić information content (AvgIpc) is 2.52. The van der Waals surface area contributed by atoms with Crippen molar-refractivity contribution >= 4 is 23.5 Å².